The van der Waals surface area contributed by atoms with Gasteiger partial charge in [-0.25, -0.2) is 12.4 Å². The Morgan fingerprint density at radius 2 is 1.74 bits per heavy atom. The highest BCUT2D eigenvalue weighted by molar-refractivity contribution is 7.90. The van der Waals surface area contributed by atoms with Gasteiger partial charge in [0.25, 0.3) is 10.0 Å². The fraction of sp³-hybridized carbons (Fsp3) is 0.333. The highest BCUT2D eigenvalue weighted by Crippen LogP contribution is 2.19. The SMILES string of the molecule is CCCc1ccc(S(=O)(=O)n2cc(C)cc2C)cc1. The third kappa shape index (κ3) is 2.73. The number of hydrogen-bond donors (Lipinski definition) is 0. The molecule has 4 heteroatoms. The summed E-state index contributed by atoms with van der Waals surface area (Å²) in [6, 6.07) is 9.03. The Bertz CT molecular complexity index is 667. The number of rotatable bonds is 4. The molecule has 0 fully saturated rings. The summed E-state index contributed by atoms with van der Waals surface area (Å²) in [5, 5.41) is 0. The normalized spacial score (nSPS) is 11.7. The summed E-state index contributed by atoms with van der Waals surface area (Å²) in [6.07, 6.45) is 3.69. The molecule has 3 nitrogen and oxygen atoms in total. The van der Waals surface area contributed by atoms with Crippen LogP contribution in [0.4, 0.5) is 0 Å². The summed E-state index contributed by atoms with van der Waals surface area (Å²) in [7, 11) is -3.46. The van der Waals surface area contributed by atoms with Crippen LogP contribution in [-0.2, 0) is 16.4 Å². The van der Waals surface area contributed by atoms with Gasteiger partial charge in [0.1, 0.15) is 0 Å². The molecular weight excluding hydrogens is 258 g/mol. The maximum Gasteiger partial charge on any atom is 0.267 e. The minimum absolute atomic E-state index is 0.339. The Morgan fingerprint density at radius 1 is 1.11 bits per heavy atom. The average molecular weight is 277 g/mol. The Hall–Kier alpha value is -1.55. The topological polar surface area (TPSA) is 39.1 Å². The molecule has 0 spiro atoms. The Balaban J connectivity index is 2.42. The van der Waals surface area contributed by atoms with Gasteiger partial charge < -0.3 is 0 Å². The average Bonchev–Trinajstić information content (AvgIpc) is 2.70. The molecule has 0 amide bonds. The van der Waals surface area contributed by atoms with E-state index in [1.807, 2.05) is 25.1 Å². The van der Waals surface area contributed by atoms with E-state index in [4.69, 9.17) is 0 Å². The van der Waals surface area contributed by atoms with Gasteiger partial charge in [-0.1, -0.05) is 25.5 Å². The smallest absolute Gasteiger partial charge is 0.246 e. The molecule has 0 N–H and O–H groups in total. The first-order chi connectivity index (χ1) is 8.95. The molecule has 1 heterocycles. The zero-order chi connectivity index (χ0) is 14.0. The largest absolute Gasteiger partial charge is 0.267 e. The molecule has 0 saturated carbocycles. The molecule has 1 aromatic heterocycles. The second kappa shape index (κ2) is 5.21. The zero-order valence-electron chi connectivity index (χ0n) is 11.6. The Kier molecular flexibility index (Phi) is 3.80. The molecule has 19 heavy (non-hydrogen) atoms. The molecule has 1 aromatic carbocycles. The third-order valence-electron chi connectivity index (χ3n) is 3.12. The molecule has 0 bridgehead atoms. The number of aromatic nitrogens is 1. The lowest BCUT2D eigenvalue weighted by Gasteiger charge is -2.08. The van der Waals surface area contributed by atoms with Crippen molar-refractivity contribution in [3.8, 4) is 0 Å². The van der Waals surface area contributed by atoms with E-state index in [0.717, 1.165) is 24.1 Å². The lowest BCUT2D eigenvalue weighted by molar-refractivity contribution is 0.586. The van der Waals surface area contributed by atoms with E-state index >= 15 is 0 Å². The second-order valence-corrected chi connectivity index (χ2v) is 6.67. The van der Waals surface area contributed by atoms with Crippen LogP contribution in [0.1, 0.15) is 30.2 Å². The summed E-state index contributed by atoms with van der Waals surface area (Å²) in [5.41, 5.74) is 2.85. The maximum absolute atomic E-state index is 12.5. The molecule has 102 valence electrons. The molecule has 0 aliphatic rings. The van der Waals surface area contributed by atoms with Crippen molar-refractivity contribution >= 4 is 10.0 Å². The number of nitrogens with zero attached hydrogens (tertiary/aromatic N) is 1. The number of benzene rings is 1. The summed E-state index contributed by atoms with van der Waals surface area (Å²) in [6.45, 7) is 5.80. The Morgan fingerprint density at radius 3 is 2.21 bits per heavy atom. The highest BCUT2D eigenvalue weighted by atomic mass is 32.2. The molecule has 2 rings (SSSR count). The minimum Gasteiger partial charge on any atom is -0.246 e. The van der Waals surface area contributed by atoms with Crippen molar-refractivity contribution in [3.63, 3.8) is 0 Å². The first kappa shape index (κ1) is 13.9. The second-order valence-electron chi connectivity index (χ2n) is 4.85. The van der Waals surface area contributed by atoms with Gasteiger partial charge in [0.15, 0.2) is 0 Å². The van der Waals surface area contributed by atoms with Crippen LogP contribution in [0, 0.1) is 13.8 Å². The van der Waals surface area contributed by atoms with Crippen molar-refractivity contribution in [1.29, 1.82) is 0 Å². The van der Waals surface area contributed by atoms with Crippen LogP contribution in [0.25, 0.3) is 0 Å². The summed E-state index contributed by atoms with van der Waals surface area (Å²) in [5.74, 6) is 0. The van der Waals surface area contributed by atoms with Crippen LogP contribution in [-0.4, -0.2) is 12.4 Å². The van der Waals surface area contributed by atoms with Gasteiger partial charge in [-0.2, -0.15) is 0 Å². The van der Waals surface area contributed by atoms with E-state index in [2.05, 4.69) is 6.92 Å². The van der Waals surface area contributed by atoms with Crippen molar-refractivity contribution < 1.29 is 8.42 Å². The first-order valence-electron chi connectivity index (χ1n) is 6.45. The molecule has 0 atom stereocenters. The fourth-order valence-electron chi connectivity index (χ4n) is 2.21. The summed E-state index contributed by atoms with van der Waals surface area (Å²) >= 11 is 0. The lowest BCUT2D eigenvalue weighted by Crippen LogP contribution is -2.13. The van der Waals surface area contributed by atoms with Gasteiger partial charge in [0.05, 0.1) is 4.90 Å². The molecule has 0 aliphatic carbocycles. The van der Waals surface area contributed by atoms with E-state index < -0.39 is 10.0 Å². The molecule has 0 radical (unpaired) electrons. The molecule has 0 unspecified atom stereocenters. The van der Waals surface area contributed by atoms with E-state index in [9.17, 15) is 8.42 Å². The van der Waals surface area contributed by atoms with Crippen molar-refractivity contribution in [3.05, 3.63) is 53.3 Å². The predicted molar refractivity (Wildman–Crippen MR) is 76.9 cm³/mol. The van der Waals surface area contributed by atoms with Crippen LogP contribution in [0.3, 0.4) is 0 Å². The summed E-state index contributed by atoms with van der Waals surface area (Å²) in [4.78, 5) is 0.339. The van der Waals surface area contributed by atoms with Crippen LogP contribution >= 0.6 is 0 Å². The monoisotopic (exact) mass is 277 g/mol. The molecule has 2 aromatic rings. The van der Waals surface area contributed by atoms with Crippen LogP contribution in [0.5, 0.6) is 0 Å². The van der Waals surface area contributed by atoms with Crippen molar-refractivity contribution in [2.45, 2.75) is 38.5 Å². The lowest BCUT2D eigenvalue weighted by atomic mass is 10.1. The van der Waals surface area contributed by atoms with Gasteiger partial charge in [0, 0.05) is 11.9 Å². The highest BCUT2D eigenvalue weighted by Gasteiger charge is 2.18. The van der Waals surface area contributed by atoms with Gasteiger partial charge in [-0.05, 0) is 49.6 Å². The van der Waals surface area contributed by atoms with Crippen LogP contribution in [0.2, 0.25) is 0 Å². The van der Waals surface area contributed by atoms with Crippen molar-refractivity contribution in [1.82, 2.24) is 3.97 Å². The van der Waals surface area contributed by atoms with Crippen molar-refractivity contribution in [2.24, 2.45) is 0 Å². The van der Waals surface area contributed by atoms with Crippen LogP contribution in [0.15, 0.2) is 41.4 Å². The quantitative estimate of drug-likeness (QED) is 0.860. The molecule has 0 aliphatic heterocycles. The third-order valence-corrected chi connectivity index (χ3v) is 4.90. The van der Waals surface area contributed by atoms with E-state index in [0.29, 0.717) is 4.90 Å². The molecular formula is C15H19NO2S. The minimum atomic E-state index is -3.46. The van der Waals surface area contributed by atoms with E-state index in [1.54, 1.807) is 25.3 Å². The standard InChI is InChI=1S/C15H19NO2S/c1-4-5-14-6-8-15(9-7-14)19(17,18)16-11-12(2)10-13(16)3/h6-11H,4-5H2,1-3H3. The number of hydrogen-bond acceptors (Lipinski definition) is 2. The number of aryl methyl sites for hydroxylation is 3. The first-order valence-corrected chi connectivity index (χ1v) is 7.89. The maximum atomic E-state index is 12.5. The Labute approximate surface area is 114 Å². The van der Waals surface area contributed by atoms with Crippen molar-refractivity contribution in [2.75, 3.05) is 0 Å². The zero-order valence-corrected chi connectivity index (χ0v) is 12.4. The van der Waals surface area contributed by atoms with Gasteiger partial charge in [-0.3, -0.25) is 0 Å². The van der Waals surface area contributed by atoms with E-state index in [-0.39, 0.29) is 0 Å². The van der Waals surface area contributed by atoms with Gasteiger partial charge in [-0.15, -0.1) is 0 Å². The summed E-state index contributed by atoms with van der Waals surface area (Å²) < 4.78 is 26.3. The fourth-order valence-corrected chi connectivity index (χ4v) is 3.65. The van der Waals surface area contributed by atoms with Crippen LogP contribution < -0.4 is 0 Å². The van der Waals surface area contributed by atoms with E-state index in [1.165, 1.54) is 9.54 Å². The molecule has 0 saturated heterocycles. The predicted octanol–water partition coefficient (Wildman–Crippen LogP) is 3.29. The van der Waals surface area contributed by atoms with Gasteiger partial charge in [0.2, 0.25) is 0 Å². The van der Waals surface area contributed by atoms with Gasteiger partial charge >= 0.3 is 0 Å².